The van der Waals surface area contributed by atoms with Crippen molar-refractivity contribution >= 4 is 11.6 Å². The summed E-state index contributed by atoms with van der Waals surface area (Å²) in [5, 5.41) is 2.67. The van der Waals surface area contributed by atoms with E-state index in [0.717, 1.165) is 25.7 Å². The van der Waals surface area contributed by atoms with Gasteiger partial charge in [-0.1, -0.05) is 12.8 Å². The third-order valence-electron chi connectivity index (χ3n) is 3.55. The molecule has 1 aromatic carbocycles. The van der Waals surface area contributed by atoms with Crippen molar-refractivity contribution < 1.29 is 13.9 Å². The van der Waals surface area contributed by atoms with E-state index in [4.69, 9.17) is 10.5 Å². The number of benzene rings is 1. The number of carbonyl (C=O) groups is 1. The predicted molar refractivity (Wildman–Crippen MR) is 71.6 cm³/mol. The van der Waals surface area contributed by atoms with Crippen molar-refractivity contribution in [2.24, 2.45) is 5.73 Å². The first-order valence-corrected chi connectivity index (χ1v) is 6.45. The van der Waals surface area contributed by atoms with Gasteiger partial charge in [0, 0.05) is 23.7 Å². The van der Waals surface area contributed by atoms with E-state index in [1.54, 1.807) is 6.07 Å². The summed E-state index contributed by atoms with van der Waals surface area (Å²) in [6.07, 6.45) is 4.16. The van der Waals surface area contributed by atoms with Gasteiger partial charge in [-0.2, -0.15) is 0 Å². The van der Waals surface area contributed by atoms with Crippen molar-refractivity contribution in [3.8, 4) is 5.75 Å². The largest absolute Gasteiger partial charge is 0.494 e. The summed E-state index contributed by atoms with van der Waals surface area (Å²) in [5.41, 5.74) is 6.16. The number of nitrogens with one attached hydrogen (secondary N) is 1. The van der Waals surface area contributed by atoms with Gasteiger partial charge in [0.1, 0.15) is 0 Å². The summed E-state index contributed by atoms with van der Waals surface area (Å²) in [7, 11) is 1.40. The van der Waals surface area contributed by atoms with Crippen LogP contribution in [0.5, 0.6) is 5.75 Å². The number of methoxy groups -OCH3 is 1. The minimum absolute atomic E-state index is 0.157. The maximum absolute atomic E-state index is 13.5. The lowest BCUT2D eigenvalue weighted by Gasteiger charge is -2.22. The maximum atomic E-state index is 13.5. The van der Waals surface area contributed by atoms with Gasteiger partial charge in [-0.25, -0.2) is 4.39 Å². The number of halogens is 1. The number of hydrogen-bond donors (Lipinski definition) is 2. The molecule has 1 aliphatic rings. The van der Waals surface area contributed by atoms with Gasteiger partial charge in [0.05, 0.1) is 7.11 Å². The second-order valence-electron chi connectivity index (χ2n) is 5.14. The van der Waals surface area contributed by atoms with Gasteiger partial charge in [-0.05, 0) is 25.0 Å². The van der Waals surface area contributed by atoms with E-state index < -0.39 is 11.4 Å². The molecule has 0 saturated heterocycles. The fourth-order valence-corrected chi connectivity index (χ4v) is 2.52. The van der Waals surface area contributed by atoms with Crippen molar-refractivity contribution in [2.45, 2.75) is 37.6 Å². The lowest BCUT2D eigenvalue weighted by atomic mass is 9.94. The Hall–Kier alpha value is -1.62. The summed E-state index contributed by atoms with van der Waals surface area (Å²) < 4.78 is 18.3. The minimum Gasteiger partial charge on any atom is -0.494 e. The zero-order valence-electron chi connectivity index (χ0n) is 11.0. The Labute approximate surface area is 112 Å². The van der Waals surface area contributed by atoms with Gasteiger partial charge in [0.2, 0.25) is 5.91 Å². The summed E-state index contributed by atoms with van der Waals surface area (Å²) in [5.74, 6) is -0.512. The Bertz CT molecular complexity index is 471. The number of rotatable bonds is 4. The molecule has 3 N–H and O–H groups in total. The zero-order valence-corrected chi connectivity index (χ0v) is 11.0. The van der Waals surface area contributed by atoms with Crippen LogP contribution in [0.15, 0.2) is 18.2 Å². The van der Waals surface area contributed by atoms with E-state index in [-0.39, 0.29) is 18.1 Å². The molecule has 1 saturated carbocycles. The van der Waals surface area contributed by atoms with Crippen LogP contribution in [-0.2, 0) is 4.79 Å². The van der Waals surface area contributed by atoms with Crippen LogP contribution in [0.25, 0.3) is 0 Å². The molecule has 1 aliphatic carbocycles. The SMILES string of the molecule is COc1ccc(NC(=O)CC2(N)CCCC2)cc1F. The topological polar surface area (TPSA) is 64.3 Å². The van der Waals surface area contributed by atoms with Crippen LogP contribution in [0.1, 0.15) is 32.1 Å². The molecule has 0 atom stereocenters. The molecule has 0 radical (unpaired) electrons. The number of nitrogens with two attached hydrogens (primary N) is 1. The molecular formula is C14H19FN2O2. The monoisotopic (exact) mass is 266 g/mol. The van der Waals surface area contributed by atoms with E-state index in [2.05, 4.69) is 5.32 Å². The number of amides is 1. The Morgan fingerprint density at radius 1 is 1.47 bits per heavy atom. The second kappa shape index (κ2) is 5.57. The molecule has 5 heteroatoms. The molecule has 1 amide bonds. The number of hydrogen-bond acceptors (Lipinski definition) is 3. The van der Waals surface area contributed by atoms with Gasteiger partial charge < -0.3 is 15.8 Å². The normalized spacial score (nSPS) is 17.2. The molecule has 1 aromatic rings. The van der Waals surface area contributed by atoms with Crippen LogP contribution in [0, 0.1) is 5.82 Å². The molecule has 0 unspecified atom stereocenters. The summed E-state index contributed by atoms with van der Waals surface area (Å²) >= 11 is 0. The molecule has 0 heterocycles. The van der Waals surface area contributed by atoms with Crippen LogP contribution in [0.2, 0.25) is 0 Å². The summed E-state index contributed by atoms with van der Waals surface area (Å²) in [4.78, 5) is 11.9. The van der Waals surface area contributed by atoms with E-state index in [0.29, 0.717) is 5.69 Å². The molecule has 1 fully saturated rings. The van der Waals surface area contributed by atoms with Crippen molar-refractivity contribution in [3.05, 3.63) is 24.0 Å². The van der Waals surface area contributed by atoms with E-state index in [1.165, 1.54) is 19.2 Å². The highest BCUT2D eigenvalue weighted by atomic mass is 19.1. The molecule has 4 nitrogen and oxygen atoms in total. The standard InChI is InChI=1S/C14H19FN2O2/c1-19-12-5-4-10(8-11(12)15)17-13(18)9-14(16)6-2-3-7-14/h4-5,8H,2-3,6-7,9,16H2,1H3,(H,17,18). The first kappa shape index (κ1) is 13.8. The van der Waals surface area contributed by atoms with Gasteiger partial charge in [-0.15, -0.1) is 0 Å². The maximum Gasteiger partial charge on any atom is 0.226 e. The Morgan fingerprint density at radius 3 is 2.74 bits per heavy atom. The molecule has 0 bridgehead atoms. The van der Waals surface area contributed by atoms with Gasteiger partial charge >= 0.3 is 0 Å². The first-order valence-electron chi connectivity index (χ1n) is 6.45. The molecule has 0 spiro atoms. The highest BCUT2D eigenvalue weighted by Crippen LogP contribution is 2.30. The number of anilines is 1. The Morgan fingerprint density at radius 2 is 2.16 bits per heavy atom. The van der Waals surface area contributed by atoms with Crippen LogP contribution in [-0.4, -0.2) is 18.6 Å². The van der Waals surface area contributed by atoms with Crippen molar-refractivity contribution in [1.82, 2.24) is 0 Å². The van der Waals surface area contributed by atoms with Crippen LogP contribution in [0.3, 0.4) is 0 Å². The Balaban J connectivity index is 1.97. The highest BCUT2D eigenvalue weighted by molar-refractivity contribution is 5.91. The molecular weight excluding hydrogens is 247 g/mol. The summed E-state index contributed by atoms with van der Waals surface area (Å²) in [6.45, 7) is 0. The third kappa shape index (κ3) is 3.44. The minimum atomic E-state index is -0.497. The van der Waals surface area contributed by atoms with E-state index >= 15 is 0 Å². The number of carbonyl (C=O) groups excluding carboxylic acids is 1. The molecule has 2 rings (SSSR count). The quantitative estimate of drug-likeness (QED) is 0.879. The van der Waals surface area contributed by atoms with Crippen LogP contribution >= 0.6 is 0 Å². The van der Waals surface area contributed by atoms with E-state index in [9.17, 15) is 9.18 Å². The highest BCUT2D eigenvalue weighted by Gasteiger charge is 2.31. The van der Waals surface area contributed by atoms with Crippen molar-refractivity contribution in [1.29, 1.82) is 0 Å². The molecule has 104 valence electrons. The fraction of sp³-hybridized carbons (Fsp3) is 0.500. The van der Waals surface area contributed by atoms with Crippen molar-refractivity contribution in [3.63, 3.8) is 0 Å². The lowest BCUT2D eigenvalue weighted by molar-refractivity contribution is -0.117. The Kier molecular flexibility index (Phi) is 4.04. The fourth-order valence-electron chi connectivity index (χ4n) is 2.52. The molecule has 19 heavy (non-hydrogen) atoms. The van der Waals surface area contributed by atoms with Gasteiger partial charge in [0.25, 0.3) is 0 Å². The van der Waals surface area contributed by atoms with E-state index in [1.807, 2.05) is 0 Å². The third-order valence-corrected chi connectivity index (χ3v) is 3.55. The zero-order chi connectivity index (χ0) is 13.9. The molecule has 0 aliphatic heterocycles. The average molecular weight is 266 g/mol. The average Bonchev–Trinajstić information content (AvgIpc) is 2.75. The first-order chi connectivity index (χ1) is 9.02. The van der Waals surface area contributed by atoms with Crippen LogP contribution in [0.4, 0.5) is 10.1 Å². The number of ether oxygens (including phenoxy) is 1. The smallest absolute Gasteiger partial charge is 0.226 e. The van der Waals surface area contributed by atoms with Gasteiger partial charge in [-0.3, -0.25) is 4.79 Å². The predicted octanol–water partition coefficient (Wildman–Crippen LogP) is 2.43. The van der Waals surface area contributed by atoms with Gasteiger partial charge in [0.15, 0.2) is 11.6 Å². The van der Waals surface area contributed by atoms with Crippen molar-refractivity contribution in [2.75, 3.05) is 12.4 Å². The summed E-state index contributed by atoms with van der Waals surface area (Å²) in [6, 6.07) is 4.34. The van der Waals surface area contributed by atoms with Crippen LogP contribution < -0.4 is 15.8 Å². The lowest BCUT2D eigenvalue weighted by Crippen LogP contribution is -2.40. The second-order valence-corrected chi connectivity index (χ2v) is 5.14. The molecule has 0 aromatic heterocycles.